The smallest absolute Gasteiger partial charge is 0.303 e. The molecule has 0 saturated heterocycles. The monoisotopic (exact) mass is 1270 g/mol. The van der Waals surface area contributed by atoms with E-state index < -0.39 is 145 Å². The van der Waals surface area contributed by atoms with Crippen LogP contribution in [0.15, 0.2) is 72.5 Å². The van der Waals surface area contributed by atoms with Gasteiger partial charge in [0.1, 0.15) is 54.1 Å². The number of hydrogen-bond donors (Lipinski definition) is 18. The van der Waals surface area contributed by atoms with Crippen molar-refractivity contribution in [2.45, 2.75) is 177 Å². The highest BCUT2D eigenvalue weighted by molar-refractivity contribution is 5.99. The van der Waals surface area contributed by atoms with Gasteiger partial charge < -0.3 is 90.6 Å². The van der Waals surface area contributed by atoms with E-state index in [1.807, 2.05) is 12.2 Å². The molecule has 91 heavy (non-hydrogen) atoms. The topological polar surface area (TPSA) is 486 Å². The number of guanidine groups is 1. The summed E-state index contributed by atoms with van der Waals surface area (Å²) < 4.78 is 0. The molecule has 1 aromatic rings. The van der Waals surface area contributed by atoms with Crippen molar-refractivity contribution in [1.29, 1.82) is 5.41 Å². The Kier molecular flexibility index (Phi) is 31.2. The van der Waals surface area contributed by atoms with Gasteiger partial charge >= 0.3 is 5.97 Å². The molecule has 2 aliphatic carbocycles. The van der Waals surface area contributed by atoms with Crippen LogP contribution in [0.25, 0.3) is 0 Å². The van der Waals surface area contributed by atoms with E-state index in [9.17, 15) is 72.9 Å². The zero-order valence-electron chi connectivity index (χ0n) is 51.8. The molecular weight excluding hydrogens is 1180 g/mol. The Morgan fingerprint density at radius 1 is 0.659 bits per heavy atom. The van der Waals surface area contributed by atoms with Crippen LogP contribution < -0.4 is 75.3 Å². The number of hydrogen-bond acceptors (Lipinski definition) is 16. The van der Waals surface area contributed by atoms with Gasteiger partial charge in [-0.05, 0) is 86.1 Å². The van der Waals surface area contributed by atoms with Crippen LogP contribution in [0, 0.1) is 17.2 Å². The lowest BCUT2D eigenvalue weighted by Gasteiger charge is -2.29. The fraction of sp³-hybridized carbons (Fsp3) is 0.557. The second-order valence-electron chi connectivity index (χ2n) is 23.1. The molecule has 0 spiro atoms. The van der Waals surface area contributed by atoms with Gasteiger partial charge in [0.25, 0.3) is 0 Å². The number of benzene rings is 1. The average molecular weight is 1270 g/mol. The standard InChI is InChI=1S/C61H91N15O15/c1-34-13-7-6-10-25-66-32-40(34)30-44(53(63)84)73-55(86)43(17-12-26-67-61(64)65-4)72-58(89)47(29-38-19-20-38)70-50(81)33-68-54(85)45(27-37-14-8-5-9-15-37)75-60(91)52(35(2)77)76-59(90)48(31-49(62)80)74-56(87)42(16-11-18-51(82)83)71-57(88)46(69-36(3)78)28-39-21-23-41(79)24-22-39/h6-7,10,13,21-24,32,35,37-38,42-48,52,66,77,79H,1,5,8-9,11-12,14-20,25-31,33H2,2-4H3,(H2,62,80)(H2,63,84)(H,68,85)(H,69,78)(H,70,81)(H,71,88)(H,72,89)(H,73,86)(H,74,87)(H,75,91)(H,76,90)(H,82,83)(H3,64,65,67)/b10-6-,13-7-,40-32-/t35-,42+,43+,44+,45+,46-,47+,48+,52+/m1/s1. The quantitative estimate of drug-likeness (QED) is 0.0191. The lowest BCUT2D eigenvalue weighted by atomic mass is 9.84. The Morgan fingerprint density at radius 3 is 1.80 bits per heavy atom. The number of carboxylic acids is 1. The first-order valence-corrected chi connectivity index (χ1v) is 30.6. The first-order chi connectivity index (χ1) is 43.2. The maximum atomic E-state index is 14.2. The van der Waals surface area contributed by atoms with Crippen molar-refractivity contribution in [3.63, 3.8) is 0 Å². The summed E-state index contributed by atoms with van der Waals surface area (Å²) in [5.74, 6) is -11.4. The number of nitrogens with one attached hydrogen (secondary N) is 13. The predicted octanol–water partition coefficient (Wildman–Crippen LogP) is -2.21. The molecule has 2 saturated carbocycles. The molecule has 2 fully saturated rings. The Hall–Kier alpha value is -9.35. The second kappa shape index (κ2) is 38.3. The zero-order valence-corrected chi connectivity index (χ0v) is 51.8. The minimum Gasteiger partial charge on any atom is -0.508 e. The van der Waals surface area contributed by atoms with Crippen molar-refractivity contribution < 1.29 is 72.9 Å². The molecule has 0 radical (unpaired) electrons. The molecule has 1 heterocycles. The molecule has 1 aromatic carbocycles. The maximum Gasteiger partial charge on any atom is 0.303 e. The van der Waals surface area contributed by atoms with Crippen LogP contribution in [0.3, 0.4) is 0 Å². The van der Waals surface area contributed by atoms with Crippen LogP contribution in [-0.2, 0) is 64.0 Å². The number of phenolic OH excluding ortho intramolecular Hbond substituents is 1. The molecule has 30 nitrogen and oxygen atoms in total. The number of allylic oxidation sites excluding steroid dienone is 4. The van der Waals surface area contributed by atoms with E-state index in [0.29, 0.717) is 36.1 Å². The molecule has 30 heteroatoms. The summed E-state index contributed by atoms with van der Waals surface area (Å²) in [4.78, 5) is 161. The largest absolute Gasteiger partial charge is 0.508 e. The van der Waals surface area contributed by atoms with Gasteiger partial charge in [0.05, 0.1) is 19.1 Å². The van der Waals surface area contributed by atoms with Gasteiger partial charge in [0.2, 0.25) is 65.0 Å². The number of rotatable bonds is 37. The summed E-state index contributed by atoms with van der Waals surface area (Å²) in [7, 11) is 1.55. The predicted molar refractivity (Wildman–Crippen MR) is 333 cm³/mol. The van der Waals surface area contributed by atoms with Crippen molar-refractivity contribution in [2.75, 3.05) is 26.7 Å². The third-order valence-electron chi connectivity index (χ3n) is 15.4. The third-order valence-corrected chi connectivity index (χ3v) is 15.4. The lowest BCUT2D eigenvalue weighted by molar-refractivity contribution is -0.138. The van der Waals surface area contributed by atoms with E-state index in [-0.39, 0.29) is 81.5 Å². The maximum absolute atomic E-state index is 14.2. The molecule has 500 valence electrons. The SMILES string of the molecule is C=C1/C=C\C=C/CN/C=C\1C[C@H](NC(=O)[C@H](CCCNC(=N)NC)NC(=O)[C@H](CC1CC1)NC(=O)CNC(=O)[C@H](CC1CCCCC1)NC(=O)[C@@H](NC(=O)[C@H](CC(N)=O)NC(=O)[C@H](CCCC(=O)O)NC(=O)[C@@H](Cc1ccc(O)cc1)NC(C)=O)[C@@H](C)O)C(N)=O. The molecule has 0 bridgehead atoms. The molecular formula is C61H91N15O15. The second-order valence-corrected chi connectivity index (χ2v) is 23.1. The fourth-order valence-corrected chi connectivity index (χ4v) is 10.2. The van der Waals surface area contributed by atoms with Crippen LogP contribution in [0.4, 0.5) is 0 Å². The summed E-state index contributed by atoms with van der Waals surface area (Å²) in [5, 5.41) is 69.3. The normalized spacial score (nSPS) is 18.2. The number of aliphatic hydroxyl groups excluding tert-OH is 1. The van der Waals surface area contributed by atoms with Crippen molar-refractivity contribution in [1.82, 2.24) is 63.8 Å². The van der Waals surface area contributed by atoms with Gasteiger partial charge in [-0.2, -0.15) is 0 Å². The van der Waals surface area contributed by atoms with Crippen LogP contribution in [0.1, 0.15) is 122 Å². The molecule has 9 atom stereocenters. The Morgan fingerprint density at radius 2 is 1.22 bits per heavy atom. The van der Waals surface area contributed by atoms with Crippen molar-refractivity contribution in [2.24, 2.45) is 23.3 Å². The number of primary amides is 2. The molecule has 0 aromatic heterocycles. The highest BCUT2D eigenvalue weighted by Gasteiger charge is 2.38. The van der Waals surface area contributed by atoms with Crippen molar-refractivity contribution in [3.8, 4) is 5.75 Å². The number of aromatic hydroxyl groups is 1. The van der Waals surface area contributed by atoms with Crippen molar-refractivity contribution >= 4 is 76.9 Å². The van der Waals surface area contributed by atoms with Crippen LogP contribution in [-0.4, -0.2) is 173 Å². The van der Waals surface area contributed by atoms with Crippen LogP contribution in [0.2, 0.25) is 0 Å². The average Bonchev–Trinajstić information content (AvgIpc) is 2.50. The molecule has 0 unspecified atom stereocenters. The van der Waals surface area contributed by atoms with Gasteiger partial charge in [-0.15, -0.1) is 0 Å². The van der Waals surface area contributed by atoms with E-state index in [4.69, 9.17) is 16.9 Å². The van der Waals surface area contributed by atoms with Gasteiger partial charge in [-0.1, -0.05) is 88.0 Å². The molecule has 20 N–H and O–H groups in total. The van der Waals surface area contributed by atoms with Gasteiger partial charge in [-0.3, -0.25) is 62.9 Å². The Bertz CT molecular complexity index is 2850. The van der Waals surface area contributed by atoms with E-state index >= 15 is 0 Å². The summed E-state index contributed by atoms with van der Waals surface area (Å²) in [6, 6.07) is -5.97. The van der Waals surface area contributed by atoms with E-state index in [1.54, 1.807) is 25.4 Å². The van der Waals surface area contributed by atoms with E-state index in [1.165, 1.54) is 24.3 Å². The van der Waals surface area contributed by atoms with Crippen LogP contribution in [0.5, 0.6) is 5.75 Å². The highest BCUT2D eigenvalue weighted by Crippen LogP contribution is 2.34. The molecule has 4 rings (SSSR count). The summed E-state index contributed by atoms with van der Waals surface area (Å²) >= 11 is 0. The summed E-state index contributed by atoms with van der Waals surface area (Å²) in [6.45, 7) is 6.35. The number of amides is 11. The fourth-order valence-electron chi connectivity index (χ4n) is 10.2. The first-order valence-electron chi connectivity index (χ1n) is 30.6. The van der Waals surface area contributed by atoms with Crippen molar-refractivity contribution in [3.05, 3.63) is 78.1 Å². The third kappa shape index (κ3) is 27.9. The minimum atomic E-state index is -1.87. The molecule has 3 aliphatic rings. The number of aliphatic carboxylic acids is 1. The van der Waals surface area contributed by atoms with Gasteiger partial charge in [0, 0.05) is 52.5 Å². The number of aliphatic hydroxyl groups is 1. The lowest BCUT2D eigenvalue weighted by Crippen LogP contribution is -2.61. The molecule has 11 amide bonds. The van der Waals surface area contributed by atoms with E-state index in [0.717, 1.165) is 46.0 Å². The summed E-state index contributed by atoms with van der Waals surface area (Å²) in [5.41, 5.74) is 12.9. The Labute approximate surface area is 528 Å². The number of phenols is 1. The number of carbonyl (C=O) groups excluding carboxylic acids is 11. The molecule has 1 aliphatic heterocycles. The summed E-state index contributed by atoms with van der Waals surface area (Å²) in [6.07, 6.45) is 11.2. The highest BCUT2D eigenvalue weighted by atomic mass is 16.4. The number of nitrogens with two attached hydrogens (primary N) is 2. The van der Waals surface area contributed by atoms with E-state index in [2.05, 4.69) is 70.4 Å². The first kappa shape index (κ1) is 74.1. The number of carbonyl (C=O) groups is 12. The zero-order chi connectivity index (χ0) is 67.2. The van der Waals surface area contributed by atoms with Gasteiger partial charge in [0.15, 0.2) is 5.96 Å². The van der Waals surface area contributed by atoms with Crippen LogP contribution >= 0.6 is 0 Å². The Balaban J connectivity index is 1.50. The number of carboxylic acid groups (broad SMARTS) is 1. The minimum absolute atomic E-state index is 0.0125. The van der Waals surface area contributed by atoms with Gasteiger partial charge in [-0.25, -0.2) is 0 Å².